The van der Waals surface area contributed by atoms with Crippen molar-refractivity contribution < 1.29 is 40.7 Å². The number of hydrogen-bond acceptors (Lipinski definition) is 3. The summed E-state index contributed by atoms with van der Waals surface area (Å²) in [5.41, 5.74) is -3.80. The molecular weight excluding hydrogens is 330 g/mol. The van der Waals surface area contributed by atoms with Crippen molar-refractivity contribution in [2.75, 3.05) is 7.11 Å². The summed E-state index contributed by atoms with van der Waals surface area (Å²) in [5.74, 6) is -1.54. The number of halogens is 6. The molecule has 1 rings (SSSR count). The maximum absolute atomic E-state index is 12.7. The van der Waals surface area contributed by atoms with Crippen LogP contribution in [0.4, 0.5) is 26.3 Å². The number of esters is 1. The topological polar surface area (TPSA) is 43.4 Å². The van der Waals surface area contributed by atoms with Crippen molar-refractivity contribution >= 4 is 11.8 Å². The normalized spacial score (nSPS) is 12.1. The molecule has 0 heterocycles. The van der Waals surface area contributed by atoms with Gasteiger partial charge in [-0.2, -0.15) is 26.3 Å². The van der Waals surface area contributed by atoms with Crippen LogP contribution in [0.1, 0.15) is 40.7 Å². The molecule has 3 nitrogen and oxygen atoms in total. The van der Waals surface area contributed by atoms with Crippen molar-refractivity contribution in [2.24, 2.45) is 0 Å². The van der Waals surface area contributed by atoms with Gasteiger partial charge in [0.15, 0.2) is 5.78 Å². The molecule has 0 fully saturated rings. The number of carbonyl (C=O) groups is 2. The van der Waals surface area contributed by atoms with E-state index < -0.39 is 40.8 Å². The highest BCUT2D eigenvalue weighted by molar-refractivity contribution is 5.96. The van der Waals surface area contributed by atoms with Crippen molar-refractivity contribution in [3.8, 4) is 0 Å². The minimum atomic E-state index is -5.01. The molecule has 0 aromatic heterocycles. The monoisotopic (exact) mass is 342 g/mol. The molecule has 0 saturated carbocycles. The molecule has 0 spiro atoms. The van der Waals surface area contributed by atoms with E-state index in [2.05, 4.69) is 4.74 Å². The standard InChI is InChI=1S/C14H12F6O3/c1-23-12(22)4-2-3-11(21)8-5-9(13(15,16)17)7-10(6-8)14(18,19)20/h5-7H,2-4H2,1H3. The summed E-state index contributed by atoms with van der Waals surface area (Å²) in [7, 11) is 1.12. The van der Waals surface area contributed by atoms with E-state index in [9.17, 15) is 35.9 Å². The Morgan fingerprint density at radius 3 is 1.78 bits per heavy atom. The van der Waals surface area contributed by atoms with Crippen molar-refractivity contribution in [3.63, 3.8) is 0 Å². The maximum Gasteiger partial charge on any atom is 0.416 e. The van der Waals surface area contributed by atoms with Crippen LogP contribution in [-0.2, 0) is 21.9 Å². The first-order valence-electron chi connectivity index (χ1n) is 6.34. The molecule has 0 amide bonds. The van der Waals surface area contributed by atoms with Gasteiger partial charge in [-0.3, -0.25) is 9.59 Å². The van der Waals surface area contributed by atoms with Gasteiger partial charge in [0.05, 0.1) is 18.2 Å². The average molecular weight is 342 g/mol. The number of alkyl halides is 6. The molecule has 0 radical (unpaired) electrons. The van der Waals surface area contributed by atoms with Crippen molar-refractivity contribution in [1.82, 2.24) is 0 Å². The summed E-state index contributed by atoms with van der Waals surface area (Å²) < 4.78 is 80.3. The van der Waals surface area contributed by atoms with Gasteiger partial charge in [-0.25, -0.2) is 0 Å². The Morgan fingerprint density at radius 2 is 1.39 bits per heavy atom. The second kappa shape index (κ2) is 7.01. The van der Waals surface area contributed by atoms with Crippen LogP contribution in [0.25, 0.3) is 0 Å². The lowest BCUT2D eigenvalue weighted by Crippen LogP contribution is -2.13. The minimum Gasteiger partial charge on any atom is -0.469 e. The molecule has 0 aliphatic rings. The van der Waals surface area contributed by atoms with E-state index >= 15 is 0 Å². The lowest BCUT2D eigenvalue weighted by atomic mass is 9.99. The molecule has 0 atom stereocenters. The molecule has 23 heavy (non-hydrogen) atoms. The molecular formula is C14H12F6O3. The third-order valence-corrected chi connectivity index (χ3v) is 2.92. The summed E-state index contributed by atoms with van der Waals surface area (Å²) in [6, 6.07) is 0.691. The first-order valence-corrected chi connectivity index (χ1v) is 6.34. The number of Topliss-reactive ketones (excluding diaryl/α,β-unsaturated/α-hetero) is 1. The third kappa shape index (κ3) is 5.57. The van der Waals surface area contributed by atoms with Crippen LogP contribution < -0.4 is 0 Å². The Morgan fingerprint density at radius 1 is 0.913 bits per heavy atom. The highest BCUT2D eigenvalue weighted by Gasteiger charge is 2.37. The first kappa shape index (κ1) is 19.0. The van der Waals surface area contributed by atoms with Gasteiger partial charge in [0.2, 0.25) is 0 Å². The number of hydrogen-bond donors (Lipinski definition) is 0. The number of methoxy groups -OCH3 is 1. The van der Waals surface area contributed by atoms with Gasteiger partial charge in [0.1, 0.15) is 0 Å². The highest BCUT2D eigenvalue weighted by Crippen LogP contribution is 2.36. The van der Waals surface area contributed by atoms with Gasteiger partial charge in [0, 0.05) is 18.4 Å². The molecule has 0 bridgehead atoms. The Bertz CT molecular complexity index is 557. The van der Waals surface area contributed by atoms with Crippen LogP contribution in [-0.4, -0.2) is 18.9 Å². The SMILES string of the molecule is COC(=O)CCCC(=O)c1cc(C(F)(F)F)cc(C(F)(F)F)c1. The van der Waals surface area contributed by atoms with E-state index in [1.165, 1.54) is 0 Å². The fourth-order valence-corrected chi connectivity index (χ4v) is 1.76. The van der Waals surface area contributed by atoms with Crippen LogP contribution in [0.5, 0.6) is 0 Å². The summed E-state index contributed by atoms with van der Waals surface area (Å²) in [6.45, 7) is 0. The van der Waals surface area contributed by atoms with E-state index in [1.807, 2.05) is 0 Å². The third-order valence-electron chi connectivity index (χ3n) is 2.92. The second-order valence-electron chi connectivity index (χ2n) is 4.65. The molecule has 0 N–H and O–H groups in total. The summed E-state index contributed by atoms with van der Waals surface area (Å²) >= 11 is 0. The molecule has 128 valence electrons. The first-order chi connectivity index (χ1) is 10.4. The van der Waals surface area contributed by atoms with E-state index in [1.54, 1.807) is 0 Å². The van der Waals surface area contributed by atoms with Crippen molar-refractivity contribution in [1.29, 1.82) is 0 Å². The van der Waals surface area contributed by atoms with Gasteiger partial charge in [0.25, 0.3) is 0 Å². The van der Waals surface area contributed by atoms with E-state index in [-0.39, 0.29) is 25.3 Å². The predicted octanol–water partition coefficient (Wildman–Crippen LogP) is 4.25. The number of ketones is 1. The fraction of sp³-hybridized carbons (Fsp3) is 0.429. The van der Waals surface area contributed by atoms with Crippen LogP contribution in [0.15, 0.2) is 18.2 Å². The van der Waals surface area contributed by atoms with E-state index in [0.29, 0.717) is 12.1 Å². The molecule has 0 unspecified atom stereocenters. The maximum atomic E-state index is 12.7. The summed E-state index contributed by atoms with van der Waals surface area (Å²) in [6.07, 6.45) is -10.6. The van der Waals surface area contributed by atoms with Gasteiger partial charge in [-0.05, 0) is 24.6 Å². The Hall–Kier alpha value is -2.06. The number of rotatable bonds is 5. The molecule has 0 aliphatic heterocycles. The van der Waals surface area contributed by atoms with Crippen molar-refractivity contribution in [2.45, 2.75) is 31.6 Å². The highest BCUT2D eigenvalue weighted by atomic mass is 19.4. The molecule has 1 aromatic rings. The molecule has 0 saturated heterocycles. The van der Waals surface area contributed by atoms with Crippen LogP contribution in [0.3, 0.4) is 0 Å². The molecule has 0 aliphatic carbocycles. The van der Waals surface area contributed by atoms with E-state index in [0.717, 1.165) is 7.11 Å². The van der Waals surface area contributed by atoms with Gasteiger partial charge in [-0.15, -0.1) is 0 Å². The van der Waals surface area contributed by atoms with Gasteiger partial charge >= 0.3 is 18.3 Å². The number of benzene rings is 1. The molecule has 9 heteroatoms. The van der Waals surface area contributed by atoms with Crippen LogP contribution >= 0.6 is 0 Å². The van der Waals surface area contributed by atoms with Crippen molar-refractivity contribution in [3.05, 3.63) is 34.9 Å². The van der Waals surface area contributed by atoms with E-state index in [4.69, 9.17) is 0 Å². The van der Waals surface area contributed by atoms with Crippen LogP contribution in [0, 0.1) is 0 Å². The zero-order valence-corrected chi connectivity index (χ0v) is 11.8. The summed E-state index contributed by atoms with van der Waals surface area (Å²) in [5, 5.41) is 0. The largest absolute Gasteiger partial charge is 0.469 e. The summed E-state index contributed by atoms with van der Waals surface area (Å²) in [4.78, 5) is 22.7. The smallest absolute Gasteiger partial charge is 0.416 e. The van der Waals surface area contributed by atoms with Gasteiger partial charge < -0.3 is 4.74 Å². The second-order valence-corrected chi connectivity index (χ2v) is 4.65. The average Bonchev–Trinajstić information content (AvgIpc) is 2.44. The lowest BCUT2D eigenvalue weighted by Gasteiger charge is -2.13. The quantitative estimate of drug-likeness (QED) is 0.456. The Balaban J connectivity index is 3.05. The van der Waals surface area contributed by atoms with Gasteiger partial charge in [-0.1, -0.05) is 0 Å². The zero-order valence-electron chi connectivity index (χ0n) is 11.8. The fourth-order valence-electron chi connectivity index (χ4n) is 1.76. The Labute approximate surface area is 127 Å². The number of carbonyl (C=O) groups excluding carboxylic acids is 2. The molecule has 1 aromatic carbocycles. The Kier molecular flexibility index (Phi) is 5.79. The lowest BCUT2D eigenvalue weighted by molar-refractivity contribution is -0.143. The predicted molar refractivity (Wildman–Crippen MR) is 66.6 cm³/mol. The zero-order chi connectivity index (χ0) is 17.8. The number of ether oxygens (including phenoxy) is 1. The van der Waals surface area contributed by atoms with Crippen LogP contribution in [0.2, 0.25) is 0 Å². The minimum absolute atomic E-state index is 0.0386.